The van der Waals surface area contributed by atoms with E-state index in [1.165, 1.54) is 45.2 Å². The topological polar surface area (TPSA) is 97.3 Å². The minimum absolute atomic E-state index is 0.0887. The Bertz CT molecular complexity index is 972. The second-order valence-corrected chi connectivity index (χ2v) is 8.18. The van der Waals surface area contributed by atoms with Crippen molar-refractivity contribution in [3.05, 3.63) is 53.6 Å². The van der Waals surface area contributed by atoms with Crippen LogP contribution in [0.1, 0.15) is 18.1 Å². The monoisotopic (exact) mass is 419 g/mol. The number of likely N-dealkylation sites (N-methyl/N-ethyl adjacent to an activating group) is 1. The summed E-state index contributed by atoms with van der Waals surface area (Å²) in [5.74, 6) is -0.0492. The van der Waals surface area contributed by atoms with Crippen LogP contribution in [0.3, 0.4) is 0 Å². The molecule has 1 amide bonds. The first-order chi connectivity index (χ1) is 13.8. The fourth-order valence-electron chi connectivity index (χ4n) is 2.49. The van der Waals surface area contributed by atoms with Gasteiger partial charge in [0.05, 0.1) is 27.0 Å². The highest BCUT2D eigenvalue weighted by atomic mass is 32.2. The van der Waals surface area contributed by atoms with Crippen LogP contribution in [0.15, 0.2) is 52.5 Å². The van der Waals surface area contributed by atoms with Crippen LogP contribution in [-0.4, -0.2) is 52.7 Å². The number of amides is 1. The van der Waals surface area contributed by atoms with Gasteiger partial charge in [0.2, 0.25) is 10.0 Å². The van der Waals surface area contributed by atoms with Crippen molar-refractivity contribution in [2.45, 2.75) is 18.2 Å². The first-order valence-corrected chi connectivity index (χ1v) is 10.3. The Kier molecular flexibility index (Phi) is 7.74. The number of methoxy groups -OCH3 is 2. The largest absolute Gasteiger partial charge is 0.497 e. The molecule has 8 nitrogen and oxygen atoms in total. The number of aryl methyl sites for hydroxylation is 1. The van der Waals surface area contributed by atoms with E-state index >= 15 is 0 Å². The number of sulfonamides is 1. The number of nitrogens with one attached hydrogen (secondary N) is 1. The van der Waals surface area contributed by atoms with Crippen LogP contribution < -0.4 is 14.9 Å². The fourth-order valence-corrected chi connectivity index (χ4v) is 3.79. The van der Waals surface area contributed by atoms with Crippen molar-refractivity contribution in [2.24, 2.45) is 5.10 Å². The Morgan fingerprint density at radius 3 is 2.41 bits per heavy atom. The van der Waals surface area contributed by atoms with Gasteiger partial charge in [-0.25, -0.2) is 13.8 Å². The van der Waals surface area contributed by atoms with Gasteiger partial charge in [-0.3, -0.25) is 4.79 Å². The molecule has 29 heavy (non-hydrogen) atoms. The van der Waals surface area contributed by atoms with Gasteiger partial charge >= 0.3 is 0 Å². The zero-order valence-electron chi connectivity index (χ0n) is 16.9. The number of nitrogens with zero attached hydrogens (tertiary/aromatic N) is 2. The number of carbonyl (C=O) groups is 1. The summed E-state index contributed by atoms with van der Waals surface area (Å²) in [5.41, 5.74) is 4.36. The molecule has 0 saturated carbocycles. The van der Waals surface area contributed by atoms with E-state index in [0.717, 1.165) is 16.3 Å². The van der Waals surface area contributed by atoms with Crippen molar-refractivity contribution < 1.29 is 22.7 Å². The number of hydrazone groups is 1. The summed E-state index contributed by atoms with van der Waals surface area (Å²) in [7, 11) is 0.132. The number of rotatable bonds is 9. The molecule has 156 valence electrons. The van der Waals surface area contributed by atoms with Gasteiger partial charge in [0.15, 0.2) is 0 Å². The van der Waals surface area contributed by atoms with E-state index in [0.29, 0.717) is 5.75 Å². The maximum absolute atomic E-state index is 12.8. The highest BCUT2D eigenvalue weighted by Crippen LogP contribution is 2.30. The van der Waals surface area contributed by atoms with E-state index in [2.05, 4.69) is 17.5 Å². The van der Waals surface area contributed by atoms with Crippen LogP contribution in [-0.2, 0) is 21.2 Å². The molecule has 0 unspecified atom stereocenters. The number of hydrogen-bond donors (Lipinski definition) is 1. The third-order valence-electron chi connectivity index (χ3n) is 4.22. The quantitative estimate of drug-likeness (QED) is 0.496. The number of ether oxygens (including phenoxy) is 2. The summed E-state index contributed by atoms with van der Waals surface area (Å²) < 4.78 is 36.8. The molecule has 2 aromatic rings. The number of carbonyl (C=O) groups excluding carboxylic acids is 1. The lowest BCUT2D eigenvalue weighted by Gasteiger charge is -2.18. The summed E-state index contributed by atoms with van der Waals surface area (Å²) in [6, 6.07) is 12.2. The van der Waals surface area contributed by atoms with Crippen molar-refractivity contribution in [1.82, 2.24) is 9.73 Å². The lowest BCUT2D eigenvalue weighted by molar-refractivity contribution is -0.121. The van der Waals surface area contributed by atoms with Crippen LogP contribution in [0.25, 0.3) is 0 Å². The molecule has 0 fully saturated rings. The summed E-state index contributed by atoms with van der Waals surface area (Å²) >= 11 is 0. The Morgan fingerprint density at radius 1 is 1.14 bits per heavy atom. The highest BCUT2D eigenvalue weighted by Gasteiger charge is 2.27. The second-order valence-electron chi connectivity index (χ2n) is 6.17. The minimum Gasteiger partial charge on any atom is -0.497 e. The van der Waals surface area contributed by atoms with Gasteiger partial charge in [0.25, 0.3) is 5.91 Å². The van der Waals surface area contributed by atoms with Crippen LogP contribution in [0.5, 0.6) is 11.5 Å². The Hall–Kier alpha value is -2.91. The Morgan fingerprint density at radius 2 is 1.83 bits per heavy atom. The fraction of sp³-hybridized carbons (Fsp3) is 0.300. The van der Waals surface area contributed by atoms with E-state index < -0.39 is 22.5 Å². The summed E-state index contributed by atoms with van der Waals surface area (Å²) in [4.78, 5) is 12.0. The third-order valence-corrected chi connectivity index (χ3v) is 6.04. The van der Waals surface area contributed by atoms with Gasteiger partial charge < -0.3 is 9.47 Å². The molecule has 0 radical (unpaired) electrons. The van der Waals surface area contributed by atoms with Gasteiger partial charge in [-0.2, -0.15) is 9.41 Å². The standard InChI is InChI=1S/C20H25N3O5S/c1-5-15-6-8-16(9-7-15)13-21-22-20(24)14-23(2)29(25,26)19-12-17(27-3)10-11-18(19)28-4/h6-13H,5,14H2,1-4H3,(H,22,24)/b21-13-. The summed E-state index contributed by atoms with van der Waals surface area (Å²) in [5, 5.41) is 3.88. The first-order valence-electron chi connectivity index (χ1n) is 8.91. The van der Waals surface area contributed by atoms with E-state index in [1.54, 1.807) is 6.07 Å². The summed E-state index contributed by atoms with van der Waals surface area (Å²) in [6.45, 7) is 1.66. The van der Waals surface area contributed by atoms with Crippen LogP contribution in [0.2, 0.25) is 0 Å². The van der Waals surface area contributed by atoms with Crippen molar-refractivity contribution in [3.63, 3.8) is 0 Å². The maximum Gasteiger partial charge on any atom is 0.255 e. The molecule has 2 rings (SSSR count). The van der Waals surface area contributed by atoms with Gasteiger partial charge in [-0.15, -0.1) is 0 Å². The van der Waals surface area contributed by atoms with E-state index in [1.807, 2.05) is 24.3 Å². The average molecular weight is 420 g/mol. The molecular weight excluding hydrogens is 394 g/mol. The molecule has 0 saturated heterocycles. The predicted octanol–water partition coefficient (Wildman–Crippen LogP) is 2.04. The smallest absolute Gasteiger partial charge is 0.255 e. The van der Waals surface area contributed by atoms with Gasteiger partial charge in [0.1, 0.15) is 16.4 Å². The highest BCUT2D eigenvalue weighted by molar-refractivity contribution is 7.89. The summed E-state index contributed by atoms with van der Waals surface area (Å²) in [6.07, 6.45) is 2.43. The molecule has 0 aromatic heterocycles. The number of benzene rings is 2. The van der Waals surface area contributed by atoms with Crippen molar-refractivity contribution in [1.29, 1.82) is 0 Å². The van der Waals surface area contributed by atoms with Gasteiger partial charge in [0, 0.05) is 13.1 Å². The zero-order chi connectivity index (χ0) is 21.4. The molecule has 0 spiro atoms. The molecule has 0 aliphatic carbocycles. The van der Waals surface area contributed by atoms with E-state index in [4.69, 9.17) is 9.47 Å². The van der Waals surface area contributed by atoms with E-state index in [-0.39, 0.29) is 10.6 Å². The molecule has 0 bridgehead atoms. The molecule has 0 aliphatic rings. The van der Waals surface area contributed by atoms with Crippen LogP contribution in [0, 0.1) is 0 Å². The molecule has 9 heteroatoms. The Balaban J connectivity index is 2.05. The van der Waals surface area contributed by atoms with Gasteiger partial charge in [-0.05, 0) is 29.7 Å². The zero-order valence-corrected chi connectivity index (χ0v) is 17.7. The molecule has 0 aliphatic heterocycles. The van der Waals surface area contributed by atoms with Crippen molar-refractivity contribution in [2.75, 3.05) is 27.8 Å². The third kappa shape index (κ3) is 5.78. The van der Waals surface area contributed by atoms with Crippen molar-refractivity contribution in [3.8, 4) is 11.5 Å². The Labute approximate surface area is 171 Å². The number of hydrogen-bond acceptors (Lipinski definition) is 6. The molecule has 0 heterocycles. The van der Waals surface area contributed by atoms with E-state index in [9.17, 15) is 13.2 Å². The predicted molar refractivity (Wildman–Crippen MR) is 111 cm³/mol. The van der Waals surface area contributed by atoms with Crippen LogP contribution in [0.4, 0.5) is 0 Å². The van der Waals surface area contributed by atoms with Gasteiger partial charge in [-0.1, -0.05) is 31.2 Å². The molecule has 1 N–H and O–H groups in total. The molecule has 0 atom stereocenters. The molecule has 2 aromatic carbocycles. The van der Waals surface area contributed by atoms with Crippen LogP contribution >= 0.6 is 0 Å². The lowest BCUT2D eigenvalue weighted by atomic mass is 10.1. The van der Waals surface area contributed by atoms with Crippen molar-refractivity contribution >= 4 is 22.1 Å². The lowest BCUT2D eigenvalue weighted by Crippen LogP contribution is -2.36. The average Bonchev–Trinajstić information content (AvgIpc) is 2.73. The minimum atomic E-state index is -3.98. The molecular formula is C20H25N3O5S. The normalized spacial score (nSPS) is 11.6. The maximum atomic E-state index is 12.8. The first kappa shape index (κ1) is 22.4. The SMILES string of the molecule is CCc1ccc(/C=N\NC(=O)CN(C)S(=O)(=O)c2cc(OC)ccc2OC)cc1. The second kappa shape index (κ2) is 10.0.